The first-order chi connectivity index (χ1) is 12.1. The molecule has 3 aromatic rings. The lowest BCUT2D eigenvalue weighted by Gasteiger charge is -2.08. The third-order valence-electron chi connectivity index (χ3n) is 3.98. The number of alkyl halides is 1. The van der Waals surface area contributed by atoms with Gasteiger partial charge in [0, 0.05) is 22.7 Å². The standard InChI is InChI=1S/C20H18ClNO3/c1-2-25-18(23)13-22-12-16(15-10-6-7-11-17(15)22)20(24)19(21)14-8-4-3-5-9-14/h3-12,19H,2,13H2,1H3. The van der Waals surface area contributed by atoms with Crippen molar-refractivity contribution in [2.24, 2.45) is 0 Å². The van der Waals surface area contributed by atoms with Crippen LogP contribution >= 0.6 is 11.6 Å². The SMILES string of the molecule is CCOC(=O)Cn1cc(C(=O)C(Cl)c2ccccc2)c2ccccc21. The van der Waals surface area contributed by atoms with Crippen molar-refractivity contribution in [3.63, 3.8) is 0 Å². The van der Waals surface area contributed by atoms with Crippen LogP contribution in [-0.4, -0.2) is 22.9 Å². The molecule has 3 rings (SSSR count). The molecule has 1 unspecified atom stereocenters. The molecule has 0 aliphatic heterocycles. The summed E-state index contributed by atoms with van der Waals surface area (Å²) in [5.41, 5.74) is 2.05. The van der Waals surface area contributed by atoms with Crippen LogP contribution in [0.15, 0.2) is 60.8 Å². The summed E-state index contributed by atoms with van der Waals surface area (Å²) in [6.45, 7) is 2.14. The largest absolute Gasteiger partial charge is 0.465 e. The highest BCUT2D eigenvalue weighted by Crippen LogP contribution is 2.30. The molecule has 25 heavy (non-hydrogen) atoms. The van der Waals surface area contributed by atoms with Gasteiger partial charge in [-0.2, -0.15) is 0 Å². The average molecular weight is 356 g/mol. The second-order valence-corrected chi connectivity index (χ2v) is 6.07. The van der Waals surface area contributed by atoms with E-state index in [0.29, 0.717) is 12.2 Å². The Labute approximate surface area is 151 Å². The lowest BCUT2D eigenvalue weighted by Crippen LogP contribution is -2.13. The van der Waals surface area contributed by atoms with E-state index < -0.39 is 5.38 Å². The first-order valence-electron chi connectivity index (χ1n) is 8.08. The third kappa shape index (κ3) is 3.59. The van der Waals surface area contributed by atoms with Crippen LogP contribution in [0.25, 0.3) is 10.9 Å². The summed E-state index contributed by atoms with van der Waals surface area (Å²) < 4.78 is 6.74. The van der Waals surface area contributed by atoms with Crippen molar-refractivity contribution in [3.8, 4) is 0 Å². The maximum absolute atomic E-state index is 12.9. The number of ketones is 1. The van der Waals surface area contributed by atoms with Gasteiger partial charge in [0.05, 0.1) is 6.61 Å². The van der Waals surface area contributed by atoms with E-state index in [2.05, 4.69) is 0 Å². The fourth-order valence-electron chi connectivity index (χ4n) is 2.83. The number of fused-ring (bicyclic) bond motifs is 1. The highest BCUT2D eigenvalue weighted by molar-refractivity contribution is 6.35. The summed E-state index contributed by atoms with van der Waals surface area (Å²) >= 11 is 6.41. The fraction of sp³-hybridized carbons (Fsp3) is 0.200. The van der Waals surface area contributed by atoms with E-state index in [-0.39, 0.29) is 18.3 Å². The Kier molecular flexibility index (Phi) is 5.19. The Morgan fingerprint density at radius 2 is 1.76 bits per heavy atom. The van der Waals surface area contributed by atoms with Gasteiger partial charge in [-0.25, -0.2) is 0 Å². The van der Waals surface area contributed by atoms with Crippen LogP contribution in [0.4, 0.5) is 0 Å². The predicted molar refractivity (Wildman–Crippen MR) is 97.9 cm³/mol. The van der Waals surface area contributed by atoms with Gasteiger partial charge in [-0.05, 0) is 18.6 Å². The number of benzene rings is 2. The Morgan fingerprint density at radius 3 is 2.48 bits per heavy atom. The minimum atomic E-state index is -0.775. The van der Waals surface area contributed by atoms with E-state index >= 15 is 0 Å². The number of hydrogen-bond donors (Lipinski definition) is 0. The first kappa shape index (κ1) is 17.2. The molecule has 4 nitrogen and oxygen atoms in total. The Balaban J connectivity index is 1.99. The quantitative estimate of drug-likeness (QED) is 0.375. The molecule has 0 fully saturated rings. The van der Waals surface area contributed by atoms with Gasteiger partial charge >= 0.3 is 5.97 Å². The molecule has 0 saturated carbocycles. The number of carbonyl (C=O) groups is 2. The molecule has 0 aliphatic rings. The van der Waals surface area contributed by atoms with Crippen molar-refractivity contribution >= 4 is 34.3 Å². The normalized spacial score (nSPS) is 12.1. The number of esters is 1. The molecular formula is C20H18ClNO3. The summed E-state index contributed by atoms with van der Waals surface area (Å²) in [7, 11) is 0. The molecule has 1 atom stereocenters. The van der Waals surface area contributed by atoms with Crippen LogP contribution in [0.1, 0.15) is 28.2 Å². The van der Waals surface area contributed by atoms with Gasteiger partial charge in [0.25, 0.3) is 0 Å². The second-order valence-electron chi connectivity index (χ2n) is 5.63. The van der Waals surface area contributed by atoms with Gasteiger partial charge in [0.2, 0.25) is 0 Å². The number of aromatic nitrogens is 1. The molecule has 0 amide bonds. The van der Waals surface area contributed by atoms with E-state index in [0.717, 1.165) is 16.5 Å². The Hall–Kier alpha value is -2.59. The highest BCUT2D eigenvalue weighted by Gasteiger charge is 2.23. The average Bonchev–Trinajstić information content (AvgIpc) is 3.00. The smallest absolute Gasteiger partial charge is 0.325 e. The van der Waals surface area contributed by atoms with Crippen LogP contribution < -0.4 is 0 Å². The van der Waals surface area contributed by atoms with Crippen LogP contribution in [0.2, 0.25) is 0 Å². The number of rotatable bonds is 6. The molecule has 1 aromatic heterocycles. The van der Waals surface area contributed by atoms with Crippen molar-refractivity contribution in [1.82, 2.24) is 4.57 Å². The maximum Gasteiger partial charge on any atom is 0.325 e. The van der Waals surface area contributed by atoms with E-state index in [1.165, 1.54) is 0 Å². The summed E-state index contributed by atoms with van der Waals surface area (Å²) in [4.78, 5) is 24.8. The molecule has 0 spiro atoms. The van der Waals surface area contributed by atoms with Crippen molar-refractivity contribution in [2.45, 2.75) is 18.8 Å². The van der Waals surface area contributed by atoms with Gasteiger partial charge < -0.3 is 9.30 Å². The molecule has 1 heterocycles. The monoisotopic (exact) mass is 355 g/mol. The number of hydrogen-bond acceptors (Lipinski definition) is 3. The van der Waals surface area contributed by atoms with Gasteiger partial charge in [-0.15, -0.1) is 11.6 Å². The number of nitrogens with zero attached hydrogens (tertiary/aromatic N) is 1. The van der Waals surface area contributed by atoms with Crippen LogP contribution in [-0.2, 0) is 16.1 Å². The van der Waals surface area contributed by atoms with Gasteiger partial charge in [0.15, 0.2) is 5.78 Å². The van der Waals surface area contributed by atoms with E-state index in [1.807, 2.05) is 54.6 Å². The molecule has 0 saturated heterocycles. The summed E-state index contributed by atoms with van der Waals surface area (Å²) in [5.74, 6) is -0.528. The van der Waals surface area contributed by atoms with Crippen molar-refractivity contribution < 1.29 is 14.3 Å². The predicted octanol–water partition coefficient (Wildman–Crippen LogP) is 4.37. The first-order valence-corrected chi connectivity index (χ1v) is 8.52. The zero-order valence-corrected chi connectivity index (χ0v) is 14.6. The van der Waals surface area contributed by atoms with Crippen LogP contribution in [0.3, 0.4) is 0 Å². The van der Waals surface area contributed by atoms with Crippen LogP contribution in [0.5, 0.6) is 0 Å². The maximum atomic E-state index is 12.9. The Bertz CT molecular complexity index is 902. The van der Waals surface area contributed by atoms with Gasteiger partial charge in [-0.3, -0.25) is 9.59 Å². The molecule has 2 aromatic carbocycles. The molecule has 128 valence electrons. The van der Waals surface area contributed by atoms with Crippen LogP contribution in [0, 0.1) is 0 Å². The molecule has 0 radical (unpaired) electrons. The third-order valence-corrected chi connectivity index (χ3v) is 4.43. The fourth-order valence-corrected chi connectivity index (χ4v) is 3.09. The number of halogens is 1. The topological polar surface area (TPSA) is 48.3 Å². The Morgan fingerprint density at radius 1 is 1.08 bits per heavy atom. The van der Waals surface area contributed by atoms with E-state index in [4.69, 9.17) is 16.3 Å². The highest BCUT2D eigenvalue weighted by atomic mass is 35.5. The lowest BCUT2D eigenvalue weighted by atomic mass is 10.0. The summed E-state index contributed by atoms with van der Waals surface area (Å²) in [6, 6.07) is 16.7. The number of carbonyl (C=O) groups excluding carboxylic acids is 2. The van der Waals surface area contributed by atoms with Gasteiger partial charge in [0.1, 0.15) is 11.9 Å². The molecule has 5 heteroatoms. The van der Waals surface area contributed by atoms with Crippen molar-refractivity contribution in [1.29, 1.82) is 0 Å². The zero-order chi connectivity index (χ0) is 17.8. The lowest BCUT2D eigenvalue weighted by molar-refractivity contribution is -0.143. The summed E-state index contributed by atoms with van der Waals surface area (Å²) in [5, 5.41) is 0.00132. The molecule has 0 aliphatic carbocycles. The van der Waals surface area contributed by atoms with E-state index in [9.17, 15) is 9.59 Å². The second kappa shape index (κ2) is 7.53. The van der Waals surface area contributed by atoms with Crippen molar-refractivity contribution in [2.75, 3.05) is 6.61 Å². The van der Waals surface area contributed by atoms with E-state index in [1.54, 1.807) is 17.7 Å². The summed E-state index contributed by atoms with van der Waals surface area (Å²) in [6.07, 6.45) is 1.68. The molecule has 0 bridgehead atoms. The molecular weight excluding hydrogens is 338 g/mol. The number of para-hydroxylation sites is 1. The number of Topliss-reactive ketones (excluding diaryl/α,β-unsaturated/α-hetero) is 1. The molecule has 0 N–H and O–H groups in total. The van der Waals surface area contributed by atoms with Gasteiger partial charge in [-0.1, -0.05) is 48.5 Å². The minimum absolute atomic E-state index is 0.0555. The zero-order valence-electron chi connectivity index (χ0n) is 13.8. The van der Waals surface area contributed by atoms with Crippen molar-refractivity contribution in [3.05, 3.63) is 71.9 Å². The minimum Gasteiger partial charge on any atom is -0.465 e. The number of ether oxygens (including phenoxy) is 1.